The second-order valence-corrected chi connectivity index (χ2v) is 4.93. The lowest BCUT2D eigenvalue weighted by molar-refractivity contribution is 0.613. The van der Waals surface area contributed by atoms with E-state index in [-0.39, 0.29) is 5.82 Å². The van der Waals surface area contributed by atoms with Crippen molar-refractivity contribution >= 4 is 33.1 Å². The van der Waals surface area contributed by atoms with Crippen molar-refractivity contribution in [2.75, 3.05) is 11.9 Å². The summed E-state index contributed by atoms with van der Waals surface area (Å²) in [6.07, 6.45) is 1.58. The summed E-state index contributed by atoms with van der Waals surface area (Å²) in [5.41, 5.74) is 2.67. The summed E-state index contributed by atoms with van der Waals surface area (Å²) < 4.78 is 14.2. The number of anilines is 1. The number of nitrogens with zero attached hydrogens (tertiary/aromatic N) is 3. The van der Waals surface area contributed by atoms with E-state index in [2.05, 4.69) is 25.9 Å². The number of thiazole rings is 1. The average molecular weight is 302 g/mol. The molecular formula is C10H9BrFN3S. The van der Waals surface area contributed by atoms with Crippen molar-refractivity contribution < 1.29 is 4.39 Å². The van der Waals surface area contributed by atoms with Crippen LogP contribution in [-0.2, 0) is 6.54 Å². The molecule has 0 radical (unpaired) electrons. The molecule has 0 spiro atoms. The molecule has 0 amide bonds. The van der Waals surface area contributed by atoms with Crippen LogP contribution < -0.4 is 4.90 Å². The van der Waals surface area contributed by atoms with E-state index in [4.69, 9.17) is 0 Å². The summed E-state index contributed by atoms with van der Waals surface area (Å²) in [5.74, 6) is -0.0108. The number of pyridine rings is 1. The predicted octanol–water partition coefficient (Wildman–Crippen LogP) is 3.08. The van der Waals surface area contributed by atoms with Crippen LogP contribution in [0.4, 0.5) is 10.2 Å². The molecule has 16 heavy (non-hydrogen) atoms. The summed E-state index contributed by atoms with van der Waals surface area (Å²) in [4.78, 5) is 9.92. The fraction of sp³-hybridized carbons (Fsp3) is 0.200. The van der Waals surface area contributed by atoms with Crippen molar-refractivity contribution in [3.8, 4) is 0 Å². The molecule has 0 aliphatic carbocycles. The van der Waals surface area contributed by atoms with E-state index in [9.17, 15) is 4.39 Å². The van der Waals surface area contributed by atoms with Crippen LogP contribution >= 0.6 is 27.3 Å². The van der Waals surface area contributed by atoms with E-state index in [0.717, 1.165) is 5.69 Å². The number of hydrogen-bond donors (Lipinski definition) is 0. The topological polar surface area (TPSA) is 29.0 Å². The third-order valence-electron chi connectivity index (χ3n) is 2.03. The van der Waals surface area contributed by atoms with Gasteiger partial charge in [0.1, 0.15) is 0 Å². The van der Waals surface area contributed by atoms with E-state index in [0.29, 0.717) is 16.8 Å². The van der Waals surface area contributed by atoms with E-state index < -0.39 is 0 Å². The number of hydrogen-bond acceptors (Lipinski definition) is 4. The van der Waals surface area contributed by atoms with Gasteiger partial charge in [-0.1, -0.05) is 0 Å². The van der Waals surface area contributed by atoms with E-state index >= 15 is 0 Å². The monoisotopic (exact) mass is 301 g/mol. The maximum atomic E-state index is 13.6. The normalized spacial score (nSPS) is 10.4. The molecule has 0 aromatic carbocycles. The molecule has 3 nitrogen and oxygen atoms in total. The first-order valence-corrected chi connectivity index (χ1v) is 6.29. The zero-order valence-electron chi connectivity index (χ0n) is 8.52. The fourth-order valence-electron chi connectivity index (χ4n) is 1.32. The van der Waals surface area contributed by atoms with Gasteiger partial charge in [0.25, 0.3) is 0 Å². The van der Waals surface area contributed by atoms with Crippen LogP contribution in [0.15, 0.2) is 27.6 Å². The molecule has 2 aromatic rings. The van der Waals surface area contributed by atoms with Crippen molar-refractivity contribution in [2.24, 2.45) is 0 Å². The maximum Gasteiger partial charge on any atom is 0.166 e. The SMILES string of the molecule is CN(Cc1cscn1)c1ncc(Br)cc1F. The minimum absolute atomic E-state index is 0.330. The highest BCUT2D eigenvalue weighted by molar-refractivity contribution is 9.10. The van der Waals surface area contributed by atoms with E-state index in [1.807, 2.05) is 5.38 Å². The Morgan fingerprint density at radius 1 is 1.50 bits per heavy atom. The predicted molar refractivity (Wildman–Crippen MR) is 66.1 cm³/mol. The zero-order chi connectivity index (χ0) is 11.5. The van der Waals surface area contributed by atoms with Gasteiger partial charge in [-0.3, -0.25) is 0 Å². The maximum absolute atomic E-state index is 13.6. The minimum atomic E-state index is -0.341. The van der Waals surface area contributed by atoms with E-state index in [1.54, 1.807) is 23.7 Å². The smallest absolute Gasteiger partial charge is 0.166 e. The van der Waals surface area contributed by atoms with Crippen LogP contribution in [0.1, 0.15) is 5.69 Å². The third kappa shape index (κ3) is 2.56. The quantitative estimate of drug-likeness (QED) is 0.872. The Labute approximate surface area is 105 Å². The van der Waals surface area contributed by atoms with Gasteiger partial charge in [0.05, 0.1) is 17.7 Å². The average Bonchev–Trinajstić information content (AvgIpc) is 2.70. The molecule has 0 bridgehead atoms. The van der Waals surface area contributed by atoms with Gasteiger partial charge in [0.2, 0.25) is 0 Å². The van der Waals surface area contributed by atoms with Crippen LogP contribution in [0.2, 0.25) is 0 Å². The van der Waals surface area contributed by atoms with Crippen LogP contribution in [-0.4, -0.2) is 17.0 Å². The molecule has 0 saturated carbocycles. The first-order valence-electron chi connectivity index (χ1n) is 4.56. The molecule has 0 fully saturated rings. The van der Waals surface area contributed by atoms with E-state index in [1.165, 1.54) is 17.4 Å². The minimum Gasteiger partial charge on any atom is -0.351 e. The molecule has 0 aliphatic heterocycles. The molecule has 0 aliphatic rings. The first-order chi connectivity index (χ1) is 7.66. The summed E-state index contributed by atoms with van der Waals surface area (Å²) in [6.45, 7) is 0.551. The highest BCUT2D eigenvalue weighted by Gasteiger charge is 2.10. The van der Waals surface area contributed by atoms with Gasteiger partial charge in [0.15, 0.2) is 11.6 Å². The zero-order valence-corrected chi connectivity index (χ0v) is 10.9. The molecule has 0 saturated heterocycles. The highest BCUT2D eigenvalue weighted by Crippen LogP contribution is 2.20. The number of aromatic nitrogens is 2. The third-order valence-corrected chi connectivity index (χ3v) is 3.10. The van der Waals surface area contributed by atoms with Gasteiger partial charge in [-0.25, -0.2) is 14.4 Å². The summed E-state index contributed by atoms with van der Waals surface area (Å²) in [7, 11) is 1.79. The Bertz CT molecular complexity index is 475. The van der Waals surface area contributed by atoms with Crippen molar-refractivity contribution in [3.05, 3.63) is 39.1 Å². The molecule has 6 heteroatoms. The Kier molecular flexibility index (Phi) is 3.50. The molecule has 0 atom stereocenters. The summed E-state index contributed by atoms with van der Waals surface area (Å²) in [6, 6.07) is 1.40. The highest BCUT2D eigenvalue weighted by atomic mass is 79.9. The lowest BCUT2D eigenvalue weighted by atomic mass is 10.4. The lowest BCUT2D eigenvalue weighted by Gasteiger charge is -2.17. The molecule has 84 valence electrons. The van der Waals surface area contributed by atoms with Crippen molar-refractivity contribution in [1.29, 1.82) is 0 Å². The Morgan fingerprint density at radius 3 is 2.94 bits per heavy atom. The summed E-state index contributed by atoms with van der Waals surface area (Å²) >= 11 is 4.70. The van der Waals surface area contributed by atoms with Gasteiger partial charge in [0, 0.05) is 23.1 Å². The van der Waals surface area contributed by atoms with Gasteiger partial charge in [-0.2, -0.15) is 0 Å². The largest absolute Gasteiger partial charge is 0.351 e. The fourth-order valence-corrected chi connectivity index (χ4v) is 2.17. The molecule has 0 N–H and O–H groups in total. The van der Waals surface area contributed by atoms with Crippen LogP contribution in [0.25, 0.3) is 0 Å². The van der Waals surface area contributed by atoms with Gasteiger partial charge in [-0.15, -0.1) is 11.3 Å². The summed E-state index contributed by atoms with van der Waals surface area (Å²) in [5, 5.41) is 1.94. The van der Waals surface area contributed by atoms with Crippen molar-refractivity contribution in [3.63, 3.8) is 0 Å². The lowest BCUT2D eigenvalue weighted by Crippen LogP contribution is -2.19. The standard InChI is InChI=1S/C10H9BrFN3S/c1-15(4-8-5-16-6-14-8)10-9(12)2-7(11)3-13-10/h2-3,5-6H,4H2,1H3. The van der Waals surface area contributed by atoms with Crippen LogP contribution in [0.5, 0.6) is 0 Å². The second-order valence-electron chi connectivity index (χ2n) is 3.29. The molecule has 2 aromatic heterocycles. The molecule has 2 rings (SSSR count). The van der Waals surface area contributed by atoms with Gasteiger partial charge in [-0.05, 0) is 22.0 Å². The number of rotatable bonds is 3. The molecule has 2 heterocycles. The molecule has 0 unspecified atom stereocenters. The van der Waals surface area contributed by atoms with Gasteiger partial charge >= 0.3 is 0 Å². The van der Waals surface area contributed by atoms with Crippen molar-refractivity contribution in [2.45, 2.75) is 6.54 Å². The van der Waals surface area contributed by atoms with Crippen molar-refractivity contribution in [1.82, 2.24) is 9.97 Å². The van der Waals surface area contributed by atoms with Crippen LogP contribution in [0, 0.1) is 5.82 Å². The second kappa shape index (κ2) is 4.88. The Balaban J connectivity index is 2.17. The Hall–Kier alpha value is -1.01. The van der Waals surface area contributed by atoms with Gasteiger partial charge < -0.3 is 4.90 Å². The molecular weight excluding hydrogens is 293 g/mol. The van der Waals surface area contributed by atoms with Crippen LogP contribution in [0.3, 0.4) is 0 Å². The first kappa shape index (κ1) is 11.5. The number of halogens is 2. The Morgan fingerprint density at radius 2 is 2.31 bits per heavy atom.